The molecule has 0 fully saturated rings. The molecule has 0 saturated heterocycles. The summed E-state index contributed by atoms with van der Waals surface area (Å²) in [4.78, 5) is 4.03. The molecule has 74 valence electrons. The normalized spacial score (nSPS) is 11.9. The molecule has 0 aliphatic rings. The van der Waals surface area contributed by atoms with Crippen molar-refractivity contribution < 1.29 is 0 Å². The van der Waals surface area contributed by atoms with Gasteiger partial charge in [-0.25, -0.2) is 4.98 Å². The molecule has 0 atom stereocenters. The first-order chi connectivity index (χ1) is 6.14. The molecule has 1 aromatic heterocycles. The predicted octanol–water partition coefficient (Wildman–Crippen LogP) is 3.10. The molecule has 0 unspecified atom stereocenters. The molecule has 0 aliphatic carbocycles. The molecule has 0 N–H and O–H groups in total. The Bertz CT molecular complexity index is 224. The molecule has 1 rings (SSSR count). The summed E-state index contributed by atoms with van der Waals surface area (Å²) in [6, 6.07) is 0. The third kappa shape index (κ3) is 3.62. The average molecular weight is 180 g/mol. The fraction of sp³-hybridized carbons (Fsp3) is 0.727. The maximum Gasteiger partial charge on any atom is 0.0945 e. The van der Waals surface area contributed by atoms with Gasteiger partial charge >= 0.3 is 0 Å². The van der Waals surface area contributed by atoms with Gasteiger partial charge < -0.3 is 4.57 Å². The molecular formula is C11H20N2. The standard InChI is InChI=1S/C11H20N2/c1-4-5-11(2,3)6-8-13-9-7-12-10-13/h7,9-10H,4-6,8H2,1-3H3. The van der Waals surface area contributed by atoms with Gasteiger partial charge in [0.1, 0.15) is 0 Å². The minimum atomic E-state index is 0.471. The van der Waals surface area contributed by atoms with Crippen LogP contribution in [-0.2, 0) is 6.54 Å². The maximum atomic E-state index is 4.03. The molecule has 13 heavy (non-hydrogen) atoms. The molecule has 2 heteroatoms. The number of aryl methyl sites for hydroxylation is 1. The Labute approximate surface area is 81.0 Å². The largest absolute Gasteiger partial charge is 0.337 e. The molecule has 0 amide bonds. The van der Waals surface area contributed by atoms with Gasteiger partial charge in [0.15, 0.2) is 0 Å². The van der Waals surface area contributed by atoms with Gasteiger partial charge in [-0.05, 0) is 18.3 Å². The zero-order chi connectivity index (χ0) is 9.73. The Morgan fingerprint density at radius 3 is 2.62 bits per heavy atom. The van der Waals surface area contributed by atoms with Gasteiger partial charge in [0.05, 0.1) is 6.33 Å². The van der Waals surface area contributed by atoms with Gasteiger partial charge in [0, 0.05) is 18.9 Å². The van der Waals surface area contributed by atoms with Crippen LogP contribution in [0.5, 0.6) is 0 Å². The molecule has 0 bridgehead atoms. The van der Waals surface area contributed by atoms with Gasteiger partial charge in [-0.3, -0.25) is 0 Å². The highest BCUT2D eigenvalue weighted by Gasteiger charge is 2.15. The van der Waals surface area contributed by atoms with E-state index in [2.05, 4.69) is 30.3 Å². The number of rotatable bonds is 5. The van der Waals surface area contributed by atoms with Crippen molar-refractivity contribution in [1.29, 1.82) is 0 Å². The maximum absolute atomic E-state index is 4.03. The Morgan fingerprint density at radius 2 is 2.08 bits per heavy atom. The monoisotopic (exact) mass is 180 g/mol. The number of hydrogen-bond donors (Lipinski definition) is 0. The lowest BCUT2D eigenvalue weighted by Gasteiger charge is -2.23. The van der Waals surface area contributed by atoms with Gasteiger partial charge in [-0.2, -0.15) is 0 Å². The van der Waals surface area contributed by atoms with Crippen molar-refractivity contribution in [2.45, 2.75) is 46.6 Å². The van der Waals surface area contributed by atoms with Gasteiger partial charge in [0.2, 0.25) is 0 Å². The molecular weight excluding hydrogens is 160 g/mol. The molecule has 2 nitrogen and oxygen atoms in total. The van der Waals surface area contributed by atoms with Crippen molar-refractivity contribution in [2.75, 3.05) is 0 Å². The van der Waals surface area contributed by atoms with E-state index >= 15 is 0 Å². The van der Waals surface area contributed by atoms with Crippen molar-refractivity contribution in [1.82, 2.24) is 9.55 Å². The highest BCUT2D eigenvalue weighted by atomic mass is 15.0. The summed E-state index contributed by atoms with van der Waals surface area (Å²) in [7, 11) is 0. The van der Waals surface area contributed by atoms with E-state index in [4.69, 9.17) is 0 Å². The summed E-state index contributed by atoms with van der Waals surface area (Å²) in [5.74, 6) is 0. The first-order valence-electron chi connectivity index (χ1n) is 5.10. The van der Waals surface area contributed by atoms with Crippen LogP contribution < -0.4 is 0 Å². The van der Waals surface area contributed by atoms with Crippen LogP contribution >= 0.6 is 0 Å². The van der Waals surface area contributed by atoms with E-state index in [1.165, 1.54) is 19.3 Å². The third-order valence-electron chi connectivity index (χ3n) is 2.53. The summed E-state index contributed by atoms with van der Waals surface area (Å²) in [6.07, 6.45) is 9.58. The summed E-state index contributed by atoms with van der Waals surface area (Å²) in [6.45, 7) is 8.02. The molecule has 0 aromatic carbocycles. The Kier molecular flexibility index (Phi) is 3.52. The van der Waals surface area contributed by atoms with E-state index in [-0.39, 0.29) is 0 Å². The lowest BCUT2D eigenvalue weighted by molar-refractivity contribution is 0.286. The van der Waals surface area contributed by atoms with Gasteiger partial charge in [-0.1, -0.05) is 27.2 Å². The van der Waals surface area contributed by atoms with Crippen molar-refractivity contribution in [3.05, 3.63) is 18.7 Å². The molecule has 0 spiro atoms. The summed E-state index contributed by atoms with van der Waals surface area (Å²) >= 11 is 0. The van der Waals surface area contributed by atoms with Crippen LogP contribution in [0, 0.1) is 5.41 Å². The number of hydrogen-bond acceptors (Lipinski definition) is 1. The summed E-state index contributed by atoms with van der Waals surface area (Å²) < 4.78 is 2.15. The predicted molar refractivity (Wildman–Crippen MR) is 55.5 cm³/mol. The second-order valence-corrected chi connectivity index (χ2v) is 4.46. The third-order valence-corrected chi connectivity index (χ3v) is 2.53. The van der Waals surface area contributed by atoms with Crippen LogP contribution in [0.25, 0.3) is 0 Å². The lowest BCUT2D eigenvalue weighted by Crippen LogP contribution is -2.13. The minimum Gasteiger partial charge on any atom is -0.337 e. The van der Waals surface area contributed by atoms with E-state index in [0.29, 0.717) is 5.41 Å². The number of nitrogens with zero attached hydrogens (tertiary/aromatic N) is 2. The zero-order valence-electron chi connectivity index (χ0n) is 8.95. The Morgan fingerprint density at radius 1 is 1.31 bits per heavy atom. The fourth-order valence-electron chi connectivity index (χ4n) is 1.65. The smallest absolute Gasteiger partial charge is 0.0945 e. The van der Waals surface area contributed by atoms with E-state index in [0.717, 1.165) is 6.54 Å². The second kappa shape index (κ2) is 4.45. The van der Waals surface area contributed by atoms with E-state index < -0.39 is 0 Å². The average Bonchev–Trinajstić information content (AvgIpc) is 2.52. The topological polar surface area (TPSA) is 17.8 Å². The summed E-state index contributed by atoms with van der Waals surface area (Å²) in [5.41, 5.74) is 0.471. The highest BCUT2D eigenvalue weighted by Crippen LogP contribution is 2.26. The zero-order valence-corrected chi connectivity index (χ0v) is 8.95. The van der Waals surface area contributed by atoms with E-state index in [1.54, 1.807) is 0 Å². The van der Waals surface area contributed by atoms with Crippen LogP contribution in [0.3, 0.4) is 0 Å². The van der Waals surface area contributed by atoms with Crippen molar-refractivity contribution in [3.63, 3.8) is 0 Å². The Hall–Kier alpha value is -0.790. The summed E-state index contributed by atoms with van der Waals surface area (Å²) in [5, 5.41) is 0. The quantitative estimate of drug-likeness (QED) is 0.681. The molecule has 0 saturated carbocycles. The van der Waals surface area contributed by atoms with Crippen LogP contribution in [0.4, 0.5) is 0 Å². The van der Waals surface area contributed by atoms with E-state index in [9.17, 15) is 0 Å². The Balaban J connectivity index is 2.33. The van der Waals surface area contributed by atoms with E-state index in [1.807, 2.05) is 18.7 Å². The van der Waals surface area contributed by atoms with Crippen LogP contribution in [0.15, 0.2) is 18.7 Å². The molecule has 1 aromatic rings. The number of imidazole rings is 1. The first-order valence-corrected chi connectivity index (χ1v) is 5.10. The van der Waals surface area contributed by atoms with Gasteiger partial charge in [0.25, 0.3) is 0 Å². The SMILES string of the molecule is CCCC(C)(C)CCn1ccnc1. The van der Waals surface area contributed by atoms with Crippen molar-refractivity contribution >= 4 is 0 Å². The number of aromatic nitrogens is 2. The van der Waals surface area contributed by atoms with Crippen LogP contribution in [0.2, 0.25) is 0 Å². The fourth-order valence-corrected chi connectivity index (χ4v) is 1.65. The minimum absolute atomic E-state index is 0.471. The molecule has 1 heterocycles. The van der Waals surface area contributed by atoms with Crippen LogP contribution in [0.1, 0.15) is 40.0 Å². The highest BCUT2D eigenvalue weighted by molar-refractivity contribution is 4.76. The lowest BCUT2D eigenvalue weighted by atomic mass is 9.85. The van der Waals surface area contributed by atoms with Crippen molar-refractivity contribution in [2.24, 2.45) is 5.41 Å². The first kappa shape index (κ1) is 10.3. The van der Waals surface area contributed by atoms with Gasteiger partial charge in [-0.15, -0.1) is 0 Å². The van der Waals surface area contributed by atoms with Crippen molar-refractivity contribution in [3.8, 4) is 0 Å². The van der Waals surface area contributed by atoms with Crippen LogP contribution in [-0.4, -0.2) is 9.55 Å². The molecule has 0 radical (unpaired) electrons. The molecule has 0 aliphatic heterocycles. The second-order valence-electron chi connectivity index (χ2n) is 4.46.